The zero-order valence-electron chi connectivity index (χ0n) is 17.1. The number of hydrogen-bond donors (Lipinski definition) is 2. The first-order valence-corrected chi connectivity index (χ1v) is 10.5. The van der Waals surface area contributed by atoms with Crippen LogP contribution >= 0.6 is 0 Å². The maximum absolute atomic E-state index is 13.1. The van der Waals surface area contributed by atoms with Gasteiger partial charge in [0.2, 0.25) is 5.91 Å². The number of rotatable bonds is 5. The van der Waals surface area contributed by atoms with Crippen LogP contribution in [0.3, 0.4) is 0 Å². The lowest BCUT2D eigenvalue weighted by Gasteiger charge is -2.36. The topological polar surface area (TPSA) is 78.5 Å². The van der Waals surface area contributed by atoms with Crippen LogP contribution in [0.5, 0.6) is 0 Å². The minimum atomic E-state index is -0.853. The smallest absolute Gasteiger partial charge is 0.325 e. The summed E-state index contributed by atoms with van der Waals surface area (Å²) in [5.74, 6) is -0.570. The van der Waals surface area contributed by atoms with Crippen LogP contribution in [0.1, 0.15) is 49.8 Å². The van der Waals surface area contributed by atoms with E-state index < -0.39 is 11.6 Å². The summed E-state index contributed by atoms with van der Waals surface area (Å²) in [7, 11) is 0. The quantitative estimate of drug-likeness (QED) is 0.749. The largest absolute Gasteiger partial charge is 0.344 e. The van der Waals surface area contributed by atoms with Crippen molar-refractivity contribution in [1.82, 2.24) is 15.5 Å². The second-order valence-electron chi connectivity index (χ2n) is 8.26. The molecule has 1 aliphatic heterocycles. The van der Waals surface area contributed by atoms with Crippen LogP contribution in [0, 0.1) is 5.92 Å². The van der Waals surface area contributed by atoms with E-state index >= 15 is 0 Å². The Kier molecular flexibility index (Phi) is 5.57. The van der Waals surface area contributed by atoms with Gasteiger partial charge in [-0.2, -0.15) is 0 Å². The van der Waals surface area contributed by atoms with Crippen LogP contribution in [-0.4, -0.2) is 34.8 Å². The lowest BCUT2D eigenvalue weighted by atomic mass is 9.73. The molecule has 4 amide bonds. The Morgan fingerprint density at radius 2 is 1.67 bits per heavy atom. The molecule has 2 atom stereocenters. The molecule has 4 rings (SSSR count). The van der Waals surface area contributed by atoms with E-state index in [1.54, 1.807) is 0 Å². The molecular formula is C24H27N3O3. The summed E-state index contributed by atoms with van der Waals surface area (Å²) < 4.78 is 0. The molecule has 6 heteroatoms. The van der Waals surface area contributed by atoms with Crippen LogP contribution < -0.4 is 10.6 Å². The molecule has 2 fully saturated rings. The molecular weight excluding hydrogens is 378 g/mol. The van der Waals surface area contributed by atoms with E-state index in [1.807, 2.05) is 67.6 Å². The zero-order valence-corrected chi connectivity index (χ0v) is 17.1. The molecule has 1 heterocycles. The van der Waals surface area contributed by atoms with Crippen LogP contribution in [-0.2, 0) is 9.59 Å². The first-order valence-electron chi connectivity index (χ1n) is 10.5. The number of nitrogens with zero attached hydrogens (tertiary/aromatic N) is 1. The van der Waals surface area contributed by atoms with Gasteiger partial charge in [-0.05, 0) is 29.9 Å². The zero-order chi connectivity index (χ0) is 21.1. The van der Waals surface area contributed by atoms with Crippen LogP contribution in [0.15, 0.2) is 60.7 Å². The van der Waals surface area contributed by atoms with Crippen molar-refractivity contribution < 1.29 is 14.4 Å². The second kappa shape index (κ2) is 8.30. The lowest BCUT2D eigenvalue weighted by Crippen LogP contribution is -2.54. The molecule has 156 valence electrons. The fourth-order valence-electron chi connectivity index (χ4n) is 4.64. The highest BCUT2D eigenvalue weighted by molar-refractivity contribution is 6.09. The van der Waals surface area contributed by atoms with Gasteiger partial charge in [0, 0.05) is 0 Å². The summed E-state index contributed by atoms with van der Waals surface area (Å²) in [5.41, 5.74) is 1.02. The molecule has 0 aromatic heterocycles. The molecule has 2 N–H and O–H groups in total. The average Bonchev–Trinajstić information content (AvgIpc) is 3.00. The number of urea groups is 1. The molecule has 2 aliphatic rings. The van der Waals surface area contributed by atoms with Gasteiger partial charge in [0.05, 0.1) is 6.04 Å². The molecule has 0 unspecified atom stereocenters. The Labute approximate surface area is 176 Å². The van der Waals surface area contributed by atoms with Crippen LogP contribution in [0.2, 0.25) is 0 Å². The van der Waals surface area contributed by atoms with Gasteiger partial charge in [0.1, 0.15) is 12.1 Å². The van der Waals surface area contributed by atoms with Gasteiger partial charge < -0.3 is 10.6 Å². The third kappa shape index (κ3) is 3.70. The normalized spacial score (nSPS) is 23.7. The van der Waals surface area contributed by atoms with Crippen LogP contribution in [0.4, 0.5) is 4.79 Å². The molecule has 1 saturated carbocycles. The molecule has 0 bridgehead atoms. The number of amides is 4. The number of carbonyl (C=O) groups is 3. The van der Waals surface area contributed by atoms with Crippen molar-refractivity contribution >= 4 is 17.8 Å². The molecule has 1 spiro atoms. The highest BCUT2D eigenvalue weighted by atomic mass is 16.2. The maximum Gasteiger partial charge on any atom is 0.325 e. The predicted molar refractivity (Wildman–Crippen MR) is 113 cm³/mol. The molecule has 0 radical (unpaired) electrons. The Bertz CT molecular complexity index is 892. The van der Waals surface area contributed by atoms with E-state index in [9.17, 15) is 14.4 Å². The number of carbonyl (C=O) groups excluding carboxylic acids is 3. The van der Waals surface area contributed by atoms with Gasteiger partial charge in [-0.1, -0.05) is 80.4 Å². The summed E-state index contributed by atoms with van der Waals surface area (Å²) in [5, 5.41) is 5.91. The summed E-state index contributed by atoms with van der Waals surface area (Å²) in [6, 6.07) is 18.5. The van der Waals surface area contributed by atoms with Gasteiger partial charge in [0.15, 0.2) is 0 Å². The Hall–Kier alpha value is -3.15. The summed E-state index contributed by atoms with van der Waals surface area (Å²) in [6.45, 7) is 1.72. The van der Waals surface area contributed by atoms with Gasteiger partial charge in [-0.15, -0.1) is 0 Å². The average molecular weight is 405 g/mol. The van der Waals surface area contributed by atoms with E-state index in [1.165, 1.54) is 0 Å². The second-order valence-corrected chi connectivity index (χ2v) is 8.26. The lowest BCUT2D eigenvalue weighted by molar-refractivity contribution is -0.137. The number of hydrogen-bond acceptors (Lipinski definition) is 3. The molecule has 1 aliphatic carbocycles. The summed E-state index contributed by atoms with van der Waals surface area (Å²) >= 11 is 0. The Morgan fingerprint density at radius 3 is 2.23 bits per heavy atom. The third-order valence-electron chi connectivity index (χ3n) is 6.37. The van der Waals surface area contributed by atoms with Crippen molar-refractivity contribution in [3.63, 3.8) is 0 Å². The van der Waals surface area contributed by atoms with E-state index in [-0.39, 0.29) is 30.3 Å². The minimum absolute atomic E-state index is 0.0668. The fraction of sp³-hybridized carbons (Fsp3) is 0.375. The summed E-state index contributed by atoms with van der Waals surface area (Å²) in [6.07, 6.45) is 3.49. The van der Waals surface area contributed by atoms with Gasteiger partial charge in [-0.25, -0.2) is 4.79 Å². The number of nitrogens with one attached hydrogen (secondary N) is 2. The highest BCUT2D eigenvalue weighted by Crippen LogP contribution is 2.38. The fourth-order valence-corrected chi connectivity index (χ4v) is 4.64. The van der Waals surface area contributed by atoms with Crippen LogP contribution in [0.25, 0.3) is 0 Å². The molecule has 2 aromatic carbocycles. The van der Waals surface area contributed by atoms with Crippen molar-refractivity contribution in [3.8, 4) is 0 Å². The van der Waals surface area contributed by atoms with E-state index in [0.29, 0.717) is 6.42 Å². The van der Waals surface area contributed by atoms with Gasteiger partial charge >= 0.3 is 6.03 Å². The van der Waals surface area contributed by atoms with E-state index in [4.69, 9.17) is 0 Å². The Balaban J connectivity index is 1.51. The van der Waals surface area contributed by atoms with E-state index in [2.05, 4.69) is 10.6 Å². The van der Waals surface area contributed by atoms with E-state index in [0.717, 1.165) is 35.3 Å². The third-order valence-corrected chi connectivity index (χ3v) is 6.37. The molecule has 6 nitrogen and oxygen atoms in total. The summed E-state index contributed by atoms with van der Waals surface area (Å²) in [4.78, 5) is 39.7. The predicted octanol–water partition coefficient (Wildman–Crippen LogP) is 3.39. The SMILES string of the molecule is C[C@@H]1CCCC[C@@]12NC(=O)N(CC(=O)NC(c1ccccc1)c1ccccc1)C2=O. The van der Waals surface area contributed by atoms with Crippen molar-refractivity contribution in [3.05, 3.63) is 71.8 Å². The molecule has 30 heavy (non-hydrogen) atoms. The number of imide groups is 1. The Morgan fingerprint density at radius 1 is 1.07 bits per heavy atom. The maximum atomic E-state index is 13.1. The van der Waals surface area contributed by atoms with Crippen molar-refractivity contribution in [1.29, 1.82) is 0 Å². The number of benzene rings is 2. The van der Waals surface area contributed by atoms with Gasteiger partial charge in [0.25, 0.3) is 5.91 Å². The standard InChI is InChI=1S/C24H27N3O3/c1-17-10-8-9-15-24(17)22(29)27(23(30)26-24)16-20(28)25-21(18-11-4-2-5-12-18)19-13-6-3-7-14-19/h2-7,11-14,17,21H,8-10,15-16H2,1H3,(H,25,28)(H,26,30)/t17-,24-/m1/s1. The molecule has 2 aromatic rings. The van der Waals surface area contributed by atoms with Gasteiger partial charge in [-0.3, -0.25) is 14.5 Å². The molecule has 1 saturated heterocycles. The first-order chi connectivity index (χ1) is 14.5. The van der Waals surface area contributed by atoms with Crippen molar-refractivity contribution in [2.75, 3.05) is 6.54 Å². The first kappa shape index (κ1) is 20.1. The highest BCUT2D eigenvalue weighted by Gasteiger charge is 2.55. The van der Waals surface area contributed by atoms with Crippen molar-refractivity contribution in [2.45, 2.75) is 44.2 Å². The minimum Gasteiger partial charge on any atom is -0.344 e. The van der Waals surface area contributed by atoms with Crippen molar-refractivity contribution in [2.24, 2.45) is 5.92 Å². The monoisotopic (exact) mass is 405 g/mol.